The fraction of sp³-hybridized carbons (Fsp3) is 0.167. The van der Waals surface area contributed by atoms with Crippen LogP contribution < -0.4 is 0 Å². The summed E-state index contributed by atoms with van der Waals surface area (Å²) < 4.78 is -1.05. The molecule has 0 nitrogen and oxygen atoms in total. The molecule has 0 saturated heterocycles. The van der Waals surface area contributed by atoms with Crippen molar-refractivity contribution in [3.63, 3.8) is 0 Å². The predicted molar refractivity (Wildman–Crippen MR) is 70.9 cm³/mol. The van der Waals surface area contributed by atoms with Gasteiger partial charge in [0.25, 0.3) is 0 Å². The molecule has 0 amide bonds. The van der Waals surface area contributed by atoms with Crippen molar-refractivity contribution in [3.05, 3.63) is 58.6 Å². The van der Waals surface area contributed by atoms with Crippen molar-refractivity contribution in [2.75, 3.05) is 0 Å². The number of hydrogen-bond acceptors (Lipinski definition) is 0. The Labute approximate surface area is 134 Å². The van der Waals surface area contributed by atoms with Crippen LogP contribution in [0.1, 0.15) is 6.42 Å². The van der Waals surface area contributed by atoms with Crippen molar-refractivity contribution >= 4 is 46.4 Å². The van der Waals surface area contributed by atoms with E-state index in [1.165, 1.54) is 6.08 Å². The van der Waals surface area contributed by atoms with E-state index in [-0.39, 0.29) is 19.5 Å². The molecule has 0 atom stereocenters. The summed E-state index contributed by atoms with van der Waals surface area (Å²) in [5.41, 5.74) is 0. The van der Waals surface area contributed by atoms with Crippen LogP contribution in [0.5, 0.6) is 0 Å². The molecule has 1 aliphatic rings. The predicted octanol–water partition coefficient (Wildman–Crippen LogP) is 5.10. The van der Waals surface area contributed by atoms with Crippen molar-refractivity contribution < 1.29 is 19.5 Å². The molecule has 1 aromatic carbocycles. The van der Waals surface area contributed by atoms with Gasteiger partial charge in [-0.2, -0.15) is 36.4 Å². The average Bonchev–Trinajstić information content (AvgIpc) is 2.27. The van der Waals surface area contributed by atoms with Gasteiger partial charge in [-0.15, -0.1) is 34.8 Å². The van der Waals surface area contributed by atoms with Crippen molar-refractivity contribution in [3.8, 4) is 0 Å². The summed E-state index contributed by atoms with van der Waals surface area (Å²) in [7, 11) is 0. The Kier molecular flexibility index (Phi) is 8.81. The second kappa shape index (κ2) is 8.56. The maximum atomic E-state index is 5.74. The van der Waals surface area contributed by atoms with Crippen LogP contribution >= 0.6 is 46.4 Å². The molecule has 5 heteroatoms. The van der Waals surface area contributed by atoms with Gasteiger partial charge in [0, 0.05) is 0 Å². The van der Waals surface area contributed by atoms with Crippen molar-refractivity contribution in [2.24, 2.45) is 0 Å². The number of alkyl halides is 2. The van der Waals surface area contributed by atoms with Gasteiger partial charge >= 0.3 is 19.5 Å². The number of halogens is 4. The van der Waals surface area contributed by atoms with E-state index in [0.717, 1.165) is 0 Å². The SMILES string of the molecule is ClC1=[C-]C=C(Cl)C(Cl)(Cl)C1.[Zn+2].[c-]1ccccc1. The first-order valence-electron chi connectivity index (χ1n) is 4.45. The zero-order valence-electron chi connectivity index (χ0n) is 8.89. The molecular weight excluding hydrogens is 351 g/mol. The quantitative estimate of drug-likeness (QED) is 0.344. The molecule has 0 heterocycles. The smallest absolute Gasteiger partial charge is 0.234 e. The van der Waals surface area contributed by atoms with Crippen LogP contribution in [0.4, 0.5) is 0 Å². The minimum Gasteiger partial charge on any atom is -0.234 e. The van der Waals surface area contributed by atoms with E-state index in [1.54, 1.807) is 0 Å². The second-order valence-electron chi connectivity index (χ2n) is 3.00. The summed E-state index contributed by atoms with van der Waals surface area (Å²) in [6, 6.07) is 12.5. The third-order valence-corrected chi connectivity index (χ3v) is 3.23. The van der Waals surface area contributed by atoms with Crippen LogP contribution in [0.25, 0.3) is 0 Å². The zero-order valence-corrected chi connectivity index (χ0v) is 14.9. The third-order valence-electron chi connectivity index (χ3n) is 1.69. The van der Waals surface area contributed by atoms with Crippen LogP contribution in [0.3, 0.4) is 0 Å². The van der Waals surface area contributed by atoms with Crippen LogP contribution in [-0.2, 0) is 19.5 Å². The third kappa shape index (κ3) is 6.84. The molecule has 1 aliphatic carbocycles. The fourth-order valence-corrected chi connectivity index (χ4v) is 1.81. The van der Waals surface area contributed by atoms with E-state index in [1.807, 2.05) is 30.3 Å². The standard InChI is InChI=1S/C6H3Cl4.C6H5.Zn/c7-4-1-2-5(8)6(9,10)3-4;1-2-4-6-5-3-1;/h2H,3H2;1-5H;/q2*-1;+2. The molecule has 0 aromatic heterocycles. The van der Waals surface area contributed by atoms with Gasteiger partial charge in [-0.25, -0.2) is 23.8 Å². The van der Waals surface area contributed by atoms with Gasteiger partial charge in [-0.1, -0.05) is 10.1 Å². The van der Waals surface area contributed by atoms with Gasteiger partial charge in [0.1, 0.15) is 0 Å². The monoisotopic (exact) mass is 356 g/mol. The van der Waals surface area contributed by atoms with E-state index < -0.39 is 4.33 Å². The largest absolute Gasteiger partial charge is 2.00 e. The Morgan fingerprint density at radius 3 is 1.94 bits per heavy atom. The van der Waals surface area contributed by atoms with Crippen LogP contribution in [-0.4, -0.2) is 4.33 Å². The maximum Gasteiger partial charge on any atom is 2.00 e. The molecule has 17 heavy (non-hydrogen) atoms. The molecule has 0 N–H and O–H groups in total. The first-order valence-corrected chi connectivity index (χ1v) is 5.96. The van der Waals surface area contributed by atoms with E-state index in [4.69, 9.17) is 46.4 Å². The Bertz CT molecular complexity index is 358. The Morgan fingerprint density at radius 2 is 1.65 bits per heavy atom. The van der Waals surface area contributed by atoms with Crippen LogP contribution in [0, 0.1) is 12.1 Å². The molecule has 86 valence electrons. The molecule has 0 spiro atoms. The number of hydrogen-bond donors (Lipinski definition) is 0. The van der Waals surface area contributed by atoms with Crippen molar-refractivity contribution in [1.29, 1.82) is 0 Å². The Balaban J connectivity index is 0.000000316. The van der Waals surface area contributed by atoms with Gasteiger partial charge in [-0.05, 0) is 6.42 Å². The summed E-state index contributed by atoms with van der Waals surface area (Å²) in [5, 5.41) is 0.856. The van der Waals surface area contributed by atoms with E-state index in [0.29, 0.717) is 16.5 Å². The number of benzene rings is 1. The minimum absolute atomic E-state index is 0. The summed E-state index contributed by atoms with van der Waals surface area (Å²) >= 11 is 22.7. The minimum atomic E-state index is -1.05. The first kappa shape index (κ1) is 17.5. The zero-order chi connectivity index (χ0) is 12.0. The van der Waals surface area contributed by atoms with Crippen molar-refractivity contribution in [1.82, 2.24) is 0 Å². The molecule has 0 saturated carbocycles. The molecule has 0 unspecified atom stereocenters. The van der Waals surface area contributed by atoms with Gasteiger partial charge in [0.05, 0.1) is 4.33 Å². The molecular formula is C12H8Cl4Zn. The molecule has 0 aliphatic heterocycles. The van der Waals surface area contributed by atoms with E-state index in [2.05, 4.69) is 12.1 Å². The van der Waals surface area contributed by atoms with Crippen LogP contribution in [0.15, 0.2) is 46.5 Å². The van der Waals surface area contributed by atoms with Gasteiger partial charge in [0.15, 0.2) is 0 Å². The molecule has 2 rings (SSSR count). The summed E-state index contributed by atoms with van der Waals surface area (Å²) in [6.45, 7) is 0. The van der Waals surface area contributed by atoms with Gasteiger partial charge < -0.3 is 0 Å². The number of rotatable bonds is 0. The van der Waals surface area contributed by atoms with Crippen LogP contribution in [0.2, 0.25) is 0 Å². The maximum absolute atomic E-state index is 5.74. The van der Waals surface area contributed by atoms with Gasteiger partial charge in [0.2, 0.25) is 0 Å². The first-order chi connectivity index (χ1) is 7.52. The Hall–Kier alpha value is 0.483. The normalized spacial score (nSPS) is 16.7. The Morgan fingerprint density at radius 1 is 1.06 bits per heavy atom. The van der Waals surface area contributed by atoms with Gasteiger partial charge in [-0.3, -0.25) is 0 Å². The van der Waals surface area contributed by atoms with E-state index >= 15 is 0 Å². The summed E-state index contributed by atoms with van der Waals surface area (Å²) in [6.07, 6.45) is 4.51. The van der Waals surface area contributed by atoms with E-state index in [9.17, 15) is 0 Å². The summed E-state index contributed by atoms with van der Waals surface area (Å²) in [5.74, 6) is 0. The number of allylic oxidation sites excluding steroid dienone is 4. The summed E-state index contributed by atoms with van der Waals surface area (Å²) in [4.78, 5) is 0. The van der Waals surface area contributed by atoms with Crippen molar-refractivity contribution in [2.45, 2.75) is 10.8 Å². The average molecular weight is 359 g/mol. The fourth-order valence-electron chi connectivity index (χ4n) is 0.920. The molecule has 0 radical (unpaired) electrons. The molecule has 1 aromatic rings. The second-order valence-corrected chi connectivity index (χ2v) is 5.35. The topological polar surface area (TPSA) is 0 Å². The molecule has 0 fully saturated rings. The molecule has 0 bridgehead atoms.